The van der Waals surface area contributed by atoms with E-state index in [9.17, 15) is 4.79 Å². The number of rotatable bonds is 2. The molecule has 82 valence electrons. The Labute approximate surface area is 94.5 Å². The van der Waals surface area contributed by atoms with Crippen molar-refractivity contribution in [1.82, 2.24) is 10.2 Å². The van der Waals surface area contributed by atoms with Crippen molar-refractivity contribution in [3.63, 3.8) is 0 Å². The van der Waals surface area contributed by atoms with E-state index in [0.29, 0.717) is 5.69 Å². The Morgan fingerprint density at radius 3 is 2.62 bits per heavy atom. The molecule has 0 radical (unpaired) electrons. The molecule has 1 aromatic heterocycles. The van der Waals surface area contributed by atoms with Crippen LogP contribution in [0.4, 0.5) is 0 Å². The lowest BCUT2D eigenvalue weighted by atomic mass is 10.0. The molecule has 1 heterocycles. The Balaban J connectivity index is 2.55. The predicted octanol–water partition coefficient (Wildman–Crippen LogP) is 2.78. The number of hydrogen-bond donors (Lipinski definition) is 0. The molecule has 0 spiro atoms. The van der Waals surface area contributed by atoms with Crippen molar-refractivity contribution < 1.29 is 4.79 Å². The van der Waals surface area contributed by atoms with Gasteiger partial charge in [0.25, 0.3) is 0 Å². The lowest BCUT2D eigenvalue weighted by molar-refractivity contribution is 0.0933. The third-order valence-corrected chi connectivity index (χ3v) is 2.52. The predicted molar refractivity (Wildman–Crippen MR) is 63.4 cm³/mol. The number of carbonyl (C=O) groups excluding carboxylic acids is 1. The van der Waals surface area contributed by atoms with E-state index in [-0.39, 0.29) is 11.7 Å². The van der Waals surface area contributed by atoms with Crippen LogP contribution in [0.25, 0.3) is 10.9 Å². The molecule has 0 aliphatic carbocycles. The second-order valence-corrected chi connectivity index (χ2v) is 4.31. The first-order valence-electron chi connectivity index (χ1n) is 5.36. The molecule has 0 saturated carbocycles. The van der Waals surface area contributed by atoms with Gasteiger partial charge in [0.15, 0.2) is 5.78 Å². The topological polar surface area (TPSA) is 42.9 Å². The fourth-order valence-electron chi connectivity index (χ4n) is 1.58. The molecule has 16 heavy (non-hydrogen) atoms. The average molecular weight is 214 g/mol. The summed E-state index contributed by atoms with van der Waals surface area (Å²) in [5.41, 5.74) is 2.43. The number of nitrogens with zero attached hydrogens (tertiary/aromatic N) is 2. The van der Waals surface area contributed by atoms with Crippen molar-refractivity contribution in [2.24, 2.45) is 5.92 Å². The van der Waals surface area contributed by atoms with Crippen molar-refractivity contribution in [3.05, 3.63) is 35.5 Å². The molecule has 3 heteroatoms. The van der Waals surface area contributed by atoms with Crippen molar-refractivity contribution >= 4 is 16.7 Å². The van der Waals surface area contributed by atoms with E-state index in [4.69, 9.17) is 0 Å². The highest BCUT2D eigenvalue weighted by Crippen LogP contribution is 2.15. The molecule has 3 nitrogen and oxygen atoms in total. The van der Waals surface area contributed by atoms with Gasteiger partial charge >= 0.3 is 0 Å². The Morgan fingerprint density at radius 1 is 1.19 bits per heavy atom. The van der Waals surface area contributed by atoms with Gasteiger partial charge in [0.05, 0.1) is 5.52 Å². The number of fused-ring (bicyclic) bond motifs is 1. The average Bonchev–Trinajstić information content (AvgIpc) is 2.26. The largest absolute Gasteiger partial charge is 0.292 e. The summed E-state index contributed by atoms with van der Waals surface area (Å²) in [5.74, 6) is -0.00698. The monoisotopic (exact) mass is 214 g/mol. The van der Waals surface area contributed by atoms with Crippen LogP contribution in [0.15, 0.2) is 24.3 Å². The zero-order valence-electron chi connectivity index (χ0n) is 9.69. The zero-order chi connectivity index (χ0) is 11.7. The Bertz CT molecular complexity index is 547. The summed E-state index contributed by atoms with van der Waals surface area (Å²) in [5, 5.41) is 8.98. The van der Waals surface area contributed by atoms with E-state index in [1.807, 2.05) is 45.0 Å². The van der Waals surface area contributed by atoms with E-state index in [0.717, 1.165) is 16.5 Å². The Kier molecular flexibility index (Phi) is 2.69. The van der Waals surface area contributed by atoms with Gasteiger partial charge < -0.3 is 0 Å². The highest BCUT2D eigenvalue weighted by molar-refractivity contribution is 5.98. The van der Waals surface area contributed by atoms with Gasteiger partial charge in [-0.25, -0.2) is 0 Å². The zero-order valence-corrected chi connectivity index (χ0v) is 9.69. The molecular formula is C13H14N2O. The van der Waals surface area contributed by atoms with Gasteiger partial charge in [-0.1, -0.05) is 25.5 Å². The summed E-state index contributed by atoms with van der Waals surface area (Å²) in [6, 6.07) is 7.74. The molecule has 0 unspecified atom stereocenters. The summed E-state index contributed by atoms with van der Waals surface area (Å²) in [4.78, 5) is 11.8. The fourth-order valence-corrected chi connectivity index (χ4v) is 1.58. The maximum atomic E-state index is 11.8. The van der Waals surface area contributed by atoms with Crippen molar-refractivity contribution in [2.45, 2.75) is 20.8 Å². The second kappa shape index (κ2) is 4.00. The first kappa shape index (κ1) is 10.7. The number of Topliss-reactive ketones (excluding diaryl/α,β-unsaturated/α-hetero) is 1. The quantitative estimate of drug-likeness (QED) is 0.722. The van der Waals surface area contributed by atoms with E-state index in [2.05, 4.69) is 10.2 Å². The Morgan fingerprint density at radius 2 is 1.94 bits per heavy atom. The maximum Gasteiger partial charge on any atom is 0.185 e. The number of benzene rings is 1. The summed E-state index contributed by atoms with van der Waals surface area (Å²) < 4.78 is 0. The van der Waals surface area contributed by atoms with Gasteiger partial charge in [0.1, 0.15) is 5.69 Å². The van der Waals surface area contributed by atoms with Crippen LogP contribution in [0.3, 0.4) is 0 Å². The molecule has 0 saturated heterocycles. The SMILES string of the molecule is Cc1ccc2nnc(C(=O)C(C)C)cc2c1. The third kappa shape index (κ3) is 1.94. The van der Waals surface area contributed by atoms with E-state index in [1.165, 1.54) is 0 Å². The molecule has 2 aromatic rings. The van der Waals surface area contributed by atoms with Crippen LogP contribution < -0.4 is 0 Å². The minimum absolute atomic E-state index is 0.0379. The number of ketones is 1. The molecule has 2 rings (SSSR count). The smallest absolute Gasteiger partial charge is 0.185 e. The highest BCUT2D eigenvalue weighted by Gasteiger charge is 2.12. The number of aryl methyl sites for hydroxylation is 1. The summed E-state index contributed by atoms with van der Waals surface area (Å²) in [7, 11) is 0. The Hall–Kier alpha value is -1.77. The van der Waals surface area contributed by atoms with E-state index >= 15 is 0 Å². The fraction of sp³-hybridized carbons (Fsp3) is 0.308. The van der Waals surface area contributed by atoms with Crippen LogP contribution in [0.5, 0.6) is 0 Å². The first-order chi connectivity index (χ1) is 7.58. The summed E-state index contributed by atoms with van der Waals surface area (Å²) >= 11 is 0. The van der Waals surface area contributed by atoms with Crippen molar-refractivity contribution in [1.29, 1.82) is 0 Å². The molecule has 0 fully saturated rings. The van der Waals surface area contributed by atoms with Gasteiger partial charge in [-0.05, 0) is 25.1 Å². The normalized spacial score (nSPS) is 11.0. The highest BCUT2D eigenvalue weighted by atomic mass is 16.1. The van der Waals surface area contributed by atoms with Crippen molar-refractivity contribution in [2.75, 3.05) is 0 Å². The summed E-state index contributed by atoms with van der Waals surface area (Å²) in [6.07, 6.45) is 0. The molecule has 0 bridgehead atoms. The molecule has 0 amide bonds. The van der Waals surface area contributed by atoms with Gasteiger partial charge in [-0.15, -0.1) is 10.2 Å². The van der Waals surface area contributed by atoms with Crippen LogP contribution in [-0.2, 0) is 0 Å². The maximum absolute atomic E-state index is 11.8. The number of aromatic nitrogens is 2. The minimum atomic E-state index is -0.0449. The lowest BCUT2D eigenvalue weighted by Crippen LogP contribution is -2.10. The van der Waals surface area contributed by atoms with Crippen LogP contribution in [-0.4, -0.2) is 16.0 Å². The lowest BCUT2D eigenvalue weighted by Gasteiger charge is -2.04. The number of hydrogen-bond acceptors (Lipinski definition) is 3. The third-order valence-electron chi connectivity index (χ3n) is 2.52. The van der Waals surface area contributed by atoms with Crippen LogP contribution in [0, 0.1) is 12.8 Å². The summed E-state index contributed by atoms with van der Waals surface area (Å²) in [6.45, 7) is 5.75. The molecule has 0 atom stereocenters. The van der Waals surface area contributed by atoms with Gasteiger partial charge in [0.2, 0.25) is 0 Å². The standard InChI is InChI=1S/C13H14N2O/c1-8(2)13(16)12-7-10-6-9(3)4-5-11(10)14-15-12/h4-8H,1-3H3. The van der Waals surface area contributed by atoms with Gasteiger partial charge in [-0.2, -0.15) is 0 Å². The van der Waals surface area contributed by atoms with Crippen LogP contribution >= 0.6 is 0 Å². The molecular weight excluding hydrogens is 200 g/mol. The van der Waals surface area contributed by atoms with Crippen molar-refractivity contribution in [3.8, 4) is 0 Å². The van der Waals surface area contributed by atoms with E-state index < -0.39 is 0 Å². The van der Waals surface area contributed by atoms with Gasteiger partial charge in [-0.3, -0.25) is 4.79 Å². The molecule has 0 aliphatic rings. The van der Waals surface area contributed by atoms with Gasteiger partial charge in [0, 0.05) is 11.3 Å². The molecule has 0 N–H and O–H groups in total. The molecule has 0 aliphatic heterocycles. The molecule has 1 aromatic carbocycles. The number of carbonyl (C=O) groups is 1. The van der Waals surface area contributed by atoms with Crippen LogP contribution in [0.2, 0.25) is 0 Å². The van der Waals surface area contributed by atoms with Crippen LogP contribution in [0.1, 0.15) is 29.9 Å². The minimum Gasteiger partial charge on any atom is -0.292 e. The van der Waals surface area contributed by atoms with E-state index in [1.54, 1.807) is 0 Å². The second-order valence-electron chi connectivity index (χ2n) is 4.31. The first-order valence-corrected chi connectivity index (χ1v) is 5.36.